The molecule has 24 heavy (non-hydrogen) atoms. The van der Waals surface area contributed by atoms with E-state index in [0.717, 1.165) is 22.2 Å². The van der Waals surface area contributed by atoms with Gasteiger partial charge in [0.05, 0.1) is 22.4 Å². The lowest BCUT2D eigenvalue weighted by molar-refractivity contribution is -0.119. The predicted molar refractivity (Wildman–Crippen MR) is 108 cm³/mol. The Morgan fingerprint density at radius 1 is 1.00 bits per heavy atom. The zero-order valence-electron chi connectivity index (χ0n) is 13.8. The lowest BCUT2D eigenvalue weighted by Gasteiger charge is -2.19. The summed E-state index contributed by atoms with van der Waals surface area (Å²) >= 11 is 2.27. The molecule has 2 aromatic rings. The average Bonchev–Trinajstić information content (AvgIpc) is 2.65. The fourth-order valence-corrected chi connectivity index (χ4v) is 2.64. The molecule has 0 amide bonds. The van der Waals surface area contributed by atoms with Crippen LogP contribution in [0.1, 0.15) is 13.3 Å². The molecule has 4 nitrogen and oxygen atoms in total. The summed E-state index contributed by atoms with van der Waals surface area (Å²) in [6.07, 6.45) is 2.48. The van der Waals surface area contributed by atoms with E-state index in [1.165, 1.54) is 0 Å². The van der Waals surface area contributed by atoms with E-state index >= 15 is 0 Å². The molecule has 0 aliphatic heterocycles. The summed E-state index contributed by atoms with van der Waals surface area (Å²) in [6, 6.07) is 20.2. The molecule has 0 N–H and O–H groups in total. The van der Waals surface area contributed by atoms with E-state index in [-0.39, 0.29) is 6.29 Å². The zero-order chi connectivity index (χ0) is 17.0. The first-order valence-corrected chi connectivity index (χ1v) is 9.59. The Labute approximate surface area is 157 Å². The third kappa shape index (κ3) is 6.22. The summed E-state index contributed by atoms with van der Waals surface area (Å²) in [7, 11) is 0. The maximum atomic E-state index is 5.69. The van der Waals surface area contributed by atoms with Crippen LogP contribution < -0.4 is 5.01 Å². The first kappa shape index (κ1) is 18.9. The molecule has 2 aromatic carbocycles. The highest BCUT2D eigenvalue weighted by atomic mass is 127. The minimum Gasteiger partial charge on any atom is -0.352 e. The van der Waals surface area contributed by atoms with Gasteiger partial charge in [-0.3, -0.25) is 0 Å². The molecule has 128 valence electrons. The maximum absolute atomic E-state index is 5.69. The van der Waals surface area contributed by atoms with Gasteiger partial charge < -0.3 is 9.47 Å². The lowest BCUT2D eigenvalue weighted by atomic mass is 10.2. The van der Waals surface area contributed by atoms with Gasteiger partial charge in [-0.25, -0.2) is 5.01 Å². The Hall–Kier alpha value is -1.44. The molecule has 1 unspecified atom stereocenters. The van der Waals surface area contributed by atoms with Crippen LogP contribution in [0.3, 0.4) is 0 Å². The Kier molecular flexibility index (Phi) is 8.80. The molecule has 0 bridgehead atoms. The Bertz CT molecular complexity index is 553. The van der Waals surface area contributed by atoms with Crippen molar-refractivity contribution in [3.63, 3.8) is 0 Å². The number of para-hydroxylation sites is 2. The van der Waals surface area contributed by atoms with Crippen LogP contribution in [0, 0.1) is 0 Å². The van der Waals surface area contributed by atoms with Gasteiger partial charge in [0.2, 0.25) is 0 Å². The van der Waals surface area contributed by atoms with Crippen LogP contribution in [-0.4, -0.2) is 30.1 Å². The fraction of sp³-hybridized carbons (Fsp3) is 0.316. The van der Waals surface area contributed by atoms with Gasteiger partial charge in [-0.15, -0.1) is 0 Å². The number of rotatable bonds is 10. The standard InChI is InChI=1S/C19H23IN2O2/c1-2-23-19(16-20)24-15-9-14-21-22(17-10-5-3-6-11-17)18-12-7-4-8-13-18/h3-8,10-14,19H,2,9,15-16H2,1H3/b21-14+. The molecule has 2 rings (SSSR count). The minimum absolute atomic E-state index is 0.136. The smallest absolute Gasteiger partial charge is 0.166 e. The number of halogens is 1. The molecular weight excluding hydrogens is 415 g/mol. The van der Waals surface area contributed by atoms with Crippen molar-refractivity contribution in [2.24, 2.45) is 5.10 Å². The number of hydrazone groups is 1. The third-order valence-corrected chi connectivity index (χ3v) is 3.95. The Morgan fingerprint density at radius 2 is 1.58 bits per heavy atom. The van der Waals surface area contributed by atoms with Crippen molar-refractivity contribution in [1.29, 1.82) is 0 Å². The van der Waals surface area contributed by atoms with E-state index in [2.05, 4.69) is 27.7 Å². The maximum Gasteiger partial charge on any atom is 0.166 e. The number of anilines is 2. The summed E-state index contributed by atoms with van der Waals surface area (Å²) in [4.78, 5) is 0. The van der Waals surface area contributed by atoms with Crippen molar-refractivity contribution < 1.29 is 9.47 Å². The normalized spacial score (nSPS) is 12.4. The molecule has 0 saturated carbocycles. The molecule has 0 radical (unpaired) electrons. The molecule has 0 aliphatic rings. The highest BCUT2D eigenvalue weighted by molar-refractivity contribution is 14.1. The Morgan fingerprint density at radius 3 is 2.08 bits per heavy atom. The van der Waals surface area contributed by atoms with Gasteiger partial charge >= 0.3 is 0 Å². The van der Waals surface area contributed by atoms with E-state index in [4.69, 9.17) is 9.47 Å². The van der Waals surface area contributed by atoms with E-state index < -0.39 is 0 Å². The second-order valence-electron chi connectivity index (χ2n) is 4.98. The summed E-state index contributed by atoms with van der Waals surface area (Å²) in [6.45, 7) is 3.23. The van der Waals surface area contributed by atoms with Crippen LogP contribution >= 0.6 is 22.6 Å². The third-order valence-electron chi connectivity index (χ3n) is 3.23. The van der Waals surface area contributed by atoms with Crippen molar-refractivity contribution in [2.45, 2.75) is 19.6 Å². The number of hydrogen-bond donors (Lipinski definition) is 0. The van der Waals surface area contributed by atoms with Crippen LogP contribution in [0.2, 0.25) is 0 Å². The second-order valence-corrected chi connectivity index (χ2v) is 5.86. The van der Waals surface area contributed by atoms with Crippen LogP contribution in [0.15, 0.2) is 65.8 Å². The van der Waals surface area contributed by atoms with Crippen molar-refractivity contribution in [1.82, 2.24) is 0 Å². The van der Waals surface area contributed by atoms with Gasteiger partial charge in [0.15, 0.2) is 6.29 Å². The first-order valence-electron chi connectivity index (χ1n) is 8.07. The monoisotopic (exact) mass is 438 g/mol. The minimum atomic E-state index is -0.136. The fourth-order valence-electron chi connectivity index (χ4n) is 2.14. The topological polar surface area (TPSA) is 34.1 Å². The largest absolute Gasteiger partial charge is 0.352 e. The molecule has 0 fully saturated rings. The predicted octanol–water partition coefficient (Wildman–Crippen LogP) is 5.01. The highest BCUT2D eigenvalue weighted by Gasteiger charge is 2.07. The number of benzene rings is 2. The second kappa shape index (κ2) is 11.2. The highest BCUT2D eigenvalue weighted by Crippen LogP contribution is 2.24. The summed E-state index contributed by atoms with van der Waals surface area (Å²) < 4.78 is 12.0. The van der Waals surface area contributed by atoms with Gasteiger partial charge in [0.1, 0.15) is 0 Å². The Balaban J connectivity index is 1.96. The van der Waals surface area contributed by atoms with Crippen molar-refractivity contribution in [3.8, 4) is 0 Å². The molecule has 0 heterocycles. The number of hydrogen-bond acceptors (Lipinski definition) is 4. The van der Waals surface area contributed by atoms with Gasteiger partial charge in [-0.05, 0) is 31.2 Å². The lowest BCUT2D eigenvalue weighted by Crippen LogP contribution is -2.19. The van der Waals surface area contributed by atoms with Crippen LogP contribution in [0.5, 0.6) is 0 Å². The molecule has 5 heteroatoms. The molecule has 1 atom stereocenters. The summed E-state index contributed by atoms with van der Waals surface area (Å²) in [5.74, 6) is 0. The SMILES string of the molecule is CCOC(CI)OCC/C=N/N(c1ccccc1)c1ccccc1. The van der Waals surface area contributed by atoms with Gasteiger partial charge in [0.25, 0.3) is 0 Å². The van der Waals surface area contributed by atoms with Crippen LogP contribution in [0.4, 0.5) is 11.4 Å². The number of alkyl halides is 1. The van der Waals surface area contributed by atoms with Gasteiger partial charge in [-0.2, -0.15) is 5.10 Å². The number of nitrogens with zero attached hydrogens (tertiary/aromatic N) is 2. The van der Waals surface area contributed by atoms with Gasteiger partial charge in [-0.1, -0.05) is 59.0 Å². The van der Waals surface area contributed by atoms with E-state index in [1.54, 1.807) is 0 Å². The molecular formula is C19H23IN2O2. The van der Waals surface area contributed by atoms with E-state index in [9.17, 15) is 0 Å². The van der Waals surface area contributed by atoms with Crippen molar-refractivity contribution in [3.05, 3.63) is 60.7 Å². The van der Waals surface area contributed by atoms with Crippen molar-refractivity contribution >= 4 is 40.2 Å². The van der Waals surface area contributed by atoms with Crippen LogP contribution in [0.25, 0.3) is 0 Å². The summed E-state index contributed by atoms with van der Waals surface area (Å²) in [5.41, 5.74) is 2.06. The molecule has 0 saturated heterocycles. The summed E-state index contributed by atoms with van der Waals surface area (Å²) in [5, 5.41) is 6.55. The first-order chi connectivity index (χ1) is 11.8. The van der Waals surface area contributed by atoms with Crippen molar-refractivity contribution in [2.75, 3.05) is 22.7 Å². The quantitative estimate of drug-likeness (QED) is 0.131. The number of ether oxygens (including phenoxy) is 2. The molecule has 0 aliphatic carbocycles. The molecule has 0 aromatic heterocycles. The van der Waals surface area contributed by atoms with Gasteiger partial charge in [0, 0.05) is 19.2 Å². The average molecular weight is 438 g/mol. The van der Waals surface area contributed by atoms with Crippen LogP contribution in [-0.2, 0) is 9.47 Å². The van der Waals surface area contributed by atoms with E-state index in [0.29, 0.717) is 13.2 Å². The van der Waals surface area contributed by atoms with E-state index in [1.807, 2.05) is 78.8 Å². The molecule has 0 spiro atoms. The zero-order valence-corrected chi connectivity index (χ0v) is 16.0.